The van der Waals surface area contributed by atoms with Crippen LogP contribution in [0.25, 0.3) is 0 Å². The SMILES string of the molecule is CC1C[N+](=O)CC2=CN(N3CCN(Cc4ccccc4)CC3)C3NC=CC=C3C21. The van der Waals surface area contributed by atoms with Crippen molar-refractivity contribution in [2.24, 2.45) is 11.8 Å². The van der Waals surface area contributed by atoms with Crippen molar-refractivity contribution in [3.8, 4) is 0 Å². The Morgan fingerprint density at radius 3 is 2.72 bits per heavy atom. The molecule has 2 fully saturated rings. The Morgan fingerprint density at radius 1 is 1.14 bits per heavy atom. The normalized spacial score (nSPS) is 30.2. The quantitative estimate of drug-likeness (QED) is 0.800. The maximum Gasteiger partial charge on any atom is 0.215 e. The van der Waals surface area contributed by atoms with E-state index >= 15 is 0 Å². The van der Waals surface area contributed by atoms with Crippen molar-refractivity contribution in [1.29, 1.82) is 0 Å². The molecule has 2 saturated heterocycles. The lowest BCUT2D eigenvalue weighted by molar-refractivity contribution is -0.557. The summed E-state index contributed by atoms with van der Waals surface area (Å²) in [6, 6.07) is 10.7. The van der Waals surface area contributed by atoms with Crippen LogP contribution in [0.15, 0.2) is 66.0 Å². The van der Waals surface area contributed by atoms with Crippen molar-refractivity contribution >= 4 is 0 Å². The van der Waals surface area contributed by atoms with Crippen LogP contribution in [0.3, 0.4) is 0 Å². The van der Waals surface area contributed by atoms with Gasteiger partial charge in [0.05, 0.1) is 0 Å². The van der Waals surface area contributed by atoms with Crippen LogP contribution in [-0.2, 0) is 6.54 Å². The second kappa shape index (κ2) is 7.76. The van der Waals surface area contributed by atoms with E-state index < -0.39 is 0 Å². The summed E-state index contributed by atoms with van der Waals surface area (Å²) in [6.07, 6.45) is 8.82. The zero-order valence-corrected chi connectivity index (χ0v) is 17.1. The molecule has 0 bridgehead atoms. The van der Waals surface area contributed by atoms with E-state index in [-0.39, 0.29) is 6.17 Å². The van der Waals surface area contributed by atoms with Crippen LogP contribution < -0.4 is 5.32 Å². The lowest BCUT2D eigenvalue weighted by Crippen LogP contribution is -2.61. The predicted molar refractivity (Wildman–Crippen MR) is 113 cm³/mol. The highest BCUT2D eigenvalue weighted by molar-refractivity contribution is 5.36. The van der Waals surface area contributed by atoms with Crippen molar-refractivity contribution in [1.82, 2.24) is 20.2 Å². The van der Waals surface area contributed by atoms with Gasteiger partial charge >= 0.3 is 0 Å². The molecule has 5 rings (SSSR count). The van der Waals surface area contributed by atoms with Gasteiger partial charge in [-0.05, 0) is 23.4 Å². The Balaban J connectivity index is 1.32. The number of hydrazine groups is 1. The standard InChI is InChI=1S/C23H30N5O/c1-18-14-27(29)16-20-17-28(23-21(22(18)20)8-5-9-24-23)26-12-10-25(11-13-26)15-19-6-3-2-4-7-19/h2-9,17-18,22-24H,10-16H2,1H3/q+1. The van der Waals surface area contributed by atoms with Gasteiger partial charge in [0.15, 0.2) is 6.54 Å². The molecule has 0 amide bonds. The zero-order valence-electron chi connectivity index (χ0n) is 17.1. The molecule has 1 aromatic carbocycles. The molecular formula is C23H30N5O+. The highest BCUT2D eigenvalue weighted by Crippen LogP contribution is 2.40. The first kappa shape index (κ1) is 18.6. The van der Waals surface area contributed by atoms with Crippen molar-refractivity contribution in [2.45, 2.75) is 19.6 Å². The number of fused-ring (bicyclic) bond motifs is 3. The van der Waals surface area contributed by atoms with E-state index in [1.165, 1.54) is 21.5 Å². The van der Waals surface area contributed by atoms with Crippen LogP contribution in [-0.4, -0.2) is 65.1 Å². The van der Waals surface area contributed by atoms with Crippen LogP contribution in [0.1, 0.15) is 12.5 Å². The minimum absolute atomic E-state index is 0.162. The molecule has 6 heteroatoms. The molecule has 0 aliphatic carbocycles. The number of hydrogen-bond acceptors (Lipinski definition) is 5. The molecule has 0 saturated carbocycles. The van der Waals surface area contributed by atoms with Crippen molar-refractivity contribution in [3.63, 3.8) is 0 Å². The molecule has 3 atom stereocenters. The summed E-state index contributed by atoms with van der Waals surface area (Å²) in [6.45, 7) is 8.43. The van der Waals surface area contributed by atoms with Crippen LogP contribution in [0.5, 0.6) is 0 Å². The summed E-state index contributed by atoms with van der Waals surface area (Å²) in [5.74, 6) is 0.720. The van der Waals surface area contributed by atoms with Crippen LogP contribution >= 0.6 is 0 Å². The zero-order chi connectivity index (χ0) is 19.8. The van der Waals surface area contributed by atoms with Gasteiger partial charge in [0, 0.05) is 66.0 Å². The first-order chi connectivity index (χ1) is 14.2. The van der Waals surface area contributed by atoms with E-state index in [9.17, 15) is 4.91 Å². The minimum Gasteiger partial charge on any atom is -0.367 e. The van der Waals surface area contributed by atoms with E-state index in [4.69, 9.17) is 0 Å². The number of piperazine rings is 1. The second-order valence-electron chi connectivity index (χ2n) is 8.67. The van der Waals surface area contributed by atoms with Gasteiger partial charge in [-0.2, -0.15) is 0 Å². The molecule has 1 N–H and O–H groups in total. The Kier molecular flexibility index (Phi) is 4.97. The maximum absolute atomic E-state index is 12.2. The van der Waals surface area contributed by atoms with E-state index in [0.717, 1.165) is 32.7 Å². The number of rotatable bonds is 3. The van der Waals surface area contributed by atoms with Crippen LogP contribution in [0.4, 0.5) is 0 Å². The lowest BCUT2D eigenvalue weighted by Gasteiger charge is -2.50. The first-order valence-corrected chi connectivity index (χ1v) is 10.7. The molecule has 0 radical (unpaired) electrons. The molecule has 1 aromatic rings. The van der Waals surface area contributed by atoms with Crippen molar-refractivity contribution < 1.29 is 4.76 Å². The molecule has 3 unspecified atom stereocenters. The number of nitrogens with one attached hydrogen (secondary N) is 1. The first-order valence-electron chi connectivity index (χ1n) is 10.7. The number of hydrogen-bond donors (Lipinski definition) is 1. The average Bonchev–Trinajstić information content (AvgIpc) is 2.74. The third-order valence-corrected chi connectivity index (χ3v) is 6.62. The fraction of sp³-hybridized carbons (Fsp3) is 0.478. The smallest absolute Gasteiger partial charge is 0.215 e. The maximum atomic E-state index is 12.2. The van der Waals surface area contributed by atoms with Gasteiger partial charge in [0.2, 0.25) is 6.54 Å². The van der Waals surface area contributed by atoms with E-state index in [2.05, 4.69) is 75.8 Å². The highest BCUT2D eigenvalue weighted by Gasteiger charge is 2.45. The molecule has 4 aliphatic heterocycles. The Bertz CT molecular complexity index is 853. The van der Waals surface area contributed by atoms with E-state index in [1.807, 2.05) is 6.20 Å². The third kappa shape index (κ3) is 3.63. The topological polar surface area (TPSA) is 41.8 Å². The van der Waals surface area contributed by atoms with Crippen molar-refractivity contribution in [2.75, 3.05) is 39.3 Å². The molecule has 152 valence electrons. The van der Waals surface area contributed by atoms with Gasteiger partial charge in [0.25, 0.3) is 0 Å². The summed E-state index contributed by atoms with van der Waals surface area (Å²) in [5, 5.41) is 8.37. The van der Waals surface area contributed by atoms with E-state index in [0.29, 0.717) is 24.9 Å². The number of piperidine rings is 1. The molecule has 0 spiro atoms. The molecule has 4 aliphatic rings. The average molecular weight is 393 g/mol. The number of benzene rings is 1. The van der Waals surface area contributed by atoms with Gasteiger partial charge in [-0.1, -0.05) is 43.3 Å². The molecule has 0 aromatic heterocycles. The lowest BCUT2D eigenvalue weighted by atomic mass is 9.75. The summed E-state index contributed by atoms with van der Waals surface area (Å²) in [7, 11) is 0. The van der Waals surface area contributed by atoms with Gasteiger partial charge < -0.3 is 5.32 Å². The number of allylic oxidation sites excluding steroid dienone is 2. The van der Waals surface area contributed by atoms with Crippen LogP contribution in [0.2, 0.25) is 0 Å². The number of dihydropyridines is 1. The Hall–Kier alpha value is -2.44. The van der Waals surface area contributed by atoms with Crippen LogP contribution in [0, 0.1) is 16.7 Å². The summed E-state index contributed by atoms with van der Waals surface area (Å²) in [5.41, 5.74) is 4.03. The molecular weight excluding hydrogens is 362 g/mol. The Morgan fingerprint density at radius 2 is 1.93 bits per heavy atom. The van der Waals surface area contributed by atoms with Crippen molar-refractivity contribution in [3.05, 3.63) is 76.5 Å². The van der Waals surface area contributed by atoms with E-state index in [1.54, 1.807) is 0 Å². The monoisotopic (exact) mass is 392 g/mol. The fourth-order valence-electron chi connectivity index (χ4n) is 5.28. The molecule has 4 heterocycles. The largest absolute Gasteiger partial charge is 0.367 e. The number of nitrogens with zero attached hydrogens (tertiary/aromatic N) is 4. The fourth-order valence-corrected chi connectivity index (χ4v) is 5.28. The minimum atomic E-state index is 0.162. The molecule has 29 heavy (non-hydrogen) atoms. The predicted octanol–water partition coefficient (Wildman–Crippen LogP) is 2.33. The number of nitroso groups, excluding NO2 is 1. The van der Waals surface area contributed by atoms with Gasteiger partial charge in [-0.15, -0.1) is 0 Å². The third-order valence-electron chi connectivity index (χ3n) is 6.62. The Labute approximate surface area is 172 Å². The summed E-state index contributed by atoms with van der Waals surface area (Å²) in [4.78, 5) is 14.7. The summed E-state index contributed by atoms with van der Waals surface area (Å²) < 4.78 is 1.22. The highest BCUT2D eigenvalue weighted by atomic mass is 16.3. The summed E-state index contributed by atoms with van der Waals surface area (Å²) >= 11 is 0. The second-order valence-corrected chi connectivity index (χ2v) is 8.67. The van der Waals surface area contributed by atoms with Gasteiger partial charge in [0.1, 0.15) is 6.17 Å². The molecule has 6 nitrogen and oxygen atoms in total. The van der Waals surface area contributed by atoms with Gasteiger partial charge in [-0.3, -0.25) is 9.91 Å². The van der Waals surface area contributed by atoms with Gasteiger partial charge in [-0.25, -0.2) is 5.01 Å².